The van der Waals surface area contributed by atoms with Crippen LogP contribution < -0.4 is 20.7 Å². The maximum atomic E-state index is 12.6. The van der Waals surface area contributed by atoms with Gasteiger partial charge in [-0.1, -0.05) is 39.0 Å². The molecule has 1 atom stereocenters. The molecule has 3 N–H and O–H groups in total. The van der Waals surface area contributed by atoms with Crippen molar-refractivity contribution in [2.75, 3.05) is 11.9 Å². The van der Waals surface area contributed by atoms with E-state index in [1.54, 1.807) is 42.5 Å². The molecule has 0 saturated carbocycles. The summed E-state index contributed by atoms with van der Waals surface area (Å²) >= 11 is 5.29. The van der Waals surface area contributed by atoms with E-state index < -0.39 is 0 Å². The minimum Gasteiger partial charge on any atom is -0.494 e. The largest absolute Gasteiger partial charge is 0.494 e. The lowest BCUT2D eigenvalue weighted by Crippen LogP contribution is -2.36. The average Bonchev–Trinajstić information content (AvgIpc) is 2.73. The van der Waals surface area contributed by atoms with Crippen LogP contribution in [0.1, 0.15) is 61.3 Å². The smallest absolute Gasteiger partial charge is 0.257 e. The van der Waals surface area contributed by atoms with Gasteiger partial charge in [-0.3, -0.25) is 14.9 Å². The molecule has 0 radical (unpaired) electrons. The molecule has 2 aromatic carbocycles. The van der Waals surface area contributed by atoms with Crippen molar-refractivity contribution < 1.29 is 14.3 Å². The topological polar surface area (TPSA) is 79.5 Å². The minimum absolute atomic E-state index is 0.0576. The first-order valence-electron chi connectivity index (χ1n) is 10.5. The van der Waals surface area contributed by atoms with Gasteiger partial charge in [-0.2, -0.15) is 0 Å². The lowest BCUT2D eigenvalue weighted by atomic mass is 10.1. The highest BCUT2D eigenvalue weighted by atomic mass is 32.1. The average molecular weight is 442 g/mol. The van der Waals surface area contributed by atoms with Crippen LogP contribution in [-0.2, 0) is 0 Å². The van der Waals surface area contributed by atoms with Gasteiger partial charge in [-0.25, -0.2) is 0 Å². The first-order chi connectivity index (χ1) is 14.8. The highest BCUT2D eigenvalue weighted by Crippen LogP contribution is 2.17. The van der Waals surface area contributed by atoms with Gasteiger partial charge >= 0.3 is 0 Å². The van der Waals surface area contributed by atoms with Crippen LogP contribution in [0.4, 0.5) is 5.69 Å². The van der Waals surface area contributed by atoms with Crippen LogP contribution in [0.3, 0.4) is 0 Å². The van der Waals surface area contributed by atoms with Gasteiger partial charge in [0, 0.05) is 11.6 Å². The Balaban J connectivity index is 2.00. The lowest BCUT2D eigenvalue weighted by molar-refractivity contribution is 0.0938. The third-order valence-corrected chi connectivity index (χ3v) is 4.90. The highest BCUT2D eigenvalue weighted by molar-refractivity contribution is 7.80. The Bertz CT molecular complexity index is 914. The minimum atomic E-state index is -0.353. The summed E-state index contributed by atoms with van der Waals surface area (Å²) in [5.74, 6) is 0.635. The third-order valence-electron chi connectivity index (χ3n) is 4.70. The van der Waals surface area contributed by atoms with Crippen LogP contribution in [-0.4, -0.2) is 29.6 Å². The Hall–Kier alpha value is -2.93. The third kappa shape index (κ3) is 8.02. The summed E-state index contributed by atoms with van der Waals surface area (Å²) < 4.78 is 5.72. The first-order valence-corrected chi connectivity index (χ1v) is 11.0. The van der Waals surface area contributed by atoms with Crippen molar-refractivity contribution in [2.24, 2.45) is 5.92 Å². The normalized spacial score (nSPS) is 11.5. The number of carbonyl (C=O) groups excluding carboxylic acids is 2. The second-order valence-corrected chi connectivity index (χ2v) is 8.20. The van der Waals surface area contributed by atoms with Crippen molar-refractivity contribution in [1.29, 1.82) is 0 Å². The van der Waals surface area contributed by atoms with Gasteiger partial charge in [0.25, 0.3) is 11.8 Å². The summed E-state index contributed by atoms with van der Waals surface area (Å²) in [5, 5.41) is 8.65. The standard InChI is InChI=1S/C24H31N3O3S/c1-5-17(4)25-23(29)20-11-6-7-12-21(20)26-24(31)27-22(28)18-9-8-10-19(15-18)30-14-13-16(2)3/h6-12,15-17H,5,13-14H2,1-4H3,(H,25,29)(H2,26,27,28,31). The van der Waals surface area contributed by atoms with Crippen LogP contribution in [0.5, 0.6) is 5.75 Å². The van der Waals surface area contributed by atoms with Crippen molar-refractivity contribution >= 4 is 34.8 Å². The van der Waals surface area contributed by atoms with Crippen molar-refractivity contribution in [3.8, 4) is 5.75 Å². The molecule has 2 aromatic rings. The van der Waals surface area contributed by atoms with Gasteiger partial charge in [0.15, 0.2) is 5.11 Å². The second-order valence-electron chi connectivity index (χ2n) is 7.80. The molecular formula is C24H31N3O3S. The number of rotatable bonds is 9. The summed E-state index contributed by atoms with van der Waals surface area (Å²) in [4.78, 5) is 25.1. The van der Waals surface area contributed by atoms with Gasteiger partial charge in [0.05, 0.1) is 17.9 Å². The number of amides is 2. The van der Waals surface area contributed by atoms with Gasteiger partial charge < -0.3 is 15.4 Å². The molecule has 0 aliphatic heterocycles. The first kappa shape index (κ1) is 24.3. The van der Waals surface area contributed by atoms with Crippen molar-refractivity contribution in [3.05, 3.63) is 59.7 Å². The van der Waals surface area contributed by atoms with Crippen LogP contribution in [0.2, 0.25) is 0 Å². The summed E-state index contributed by atoms with van der Waals surface area (Å²) in [7, 11) is 0. The van der Waals surface area contributed by atoms with Crippen molar-refractivity contribution in [2.45, 2.75) is 46.6 Å². The zero-order chi connectivity index (χ0) is 22.8. The predicted octanol–water partition coefficient (Wildman–Crippen LogP) is 4.77. The Labute approximate surface area is 189 Å². The number of benzene rings is 2. The van der Waals surface area contributed by atoms with E-state index in [4.69, 9.17) is 17.0 Å². The van der Waals surface area contributed by atoms with Gasteiger partial charge in [0.1, 0.15) is 5.75 Å². The number of para-hydroxylation sites is 1. The fourth-order valence-corrected chi connectivity index (χ4v) is 2.86. The molecule has 0 aliphatic rings. The molecule has 6 nitrogen and oxygen atoms in total. The quantitative estimate of drug-likeness (QED) is 0.489. The Morgan fingerprint density at radius 1 is 1.03 bits per heavy atom. The maximum absolute atomic E-state index is 12.6. The molecular weight excluding hydrogens is 410 g/mol. The van der Waals surface area contributed by atoms with E-state index in [1.807, 2.05) is 19.9 Å². The van der Waals surface area contributed by atoms with E-state index in [0.29, 0.717) is 35.1 Å². The molecule has 0 aromatic heterocycles. The Morgan fingerprint density at radius 2 is 1.77 bits per heavy atom. The molecule has 0 spiro atoms. The molecule has 0 bridgehead atoms. The van der Waals surface area contributed by atoms with Gasteiger partial charge in [0.2, 0.25) is 0 Å². The van der Waals surface area contributed by atoms with E-state index in [2.05, 4.69) is 29.8 Å². The molecule has 31 heavy (non-hydrogen) atoms. The number of nitrogens with one attached hydrogen (secondary N) is 3. The SMILES string of the molecule is CCC(C)NC(=O)c1ccccc1NC(=S)NC(=O)c1cccc(OCCC(C)C)c1. The molecule has 166 valence electrons. The van der Waals surface area contributed by atoms with Crippen LogP contribution in [0, 0.1) is 5.92 Å². The molecule has 0 aliphatic carbocycles. The molecule has 2 amide bonds. The van der Waals surface area contributed by atoms with Crippen LogP contribution >= 0.6 is 12.2 Å². The lowest BCUT2D eigenvalue weighted by Gasteiger charge is -2.16. The summed E-state index contributed by atoms with van der Waals surface area (Å²) in [5.41, 5.74) is 1.42. The summed E-state index contributed by atoms with van der Waals surface area (Å²) in [6.07, 6.45) is 1.77. The fraction of sp³-hybridized carbons (Fsp3) is 0.375. The second kappa shape index (κ2) is 12.1. The molecule has 7 heteroatoms. The number of hydrogen-bond donors (Lipinski definition) is 3. The van der Waals surface area contributed by atoms with E-state index in [-0.39, 0.29) is 23.0 Å². The van der Waals surface area contributed by atoms with Gasteiger partial charge in [-0.05, 0) is 68.2 Å². The zero-order valence-corrected chi connectivity index (χ0v) is 19.3. The summed E-state index contributed by atoms with van der Waals surface area (Å²) in [6, 6.07) is 14.1. The van der Waals surface area contributed by atoms with E-state index >= 15 is 0 Å². The number of hydrogen-bond acceptors (Lipinski definition) is 4. The van der Waals surface area contributed by atoms with Crippen molar-refractivity contribution in [1.82, 2.24) is 10.6 Å². The number of ether oxygens (including phenoxy) is 1. The van der Waals surface area contributed by atoms with Gasteiger partial charge in [-0.15, -0.1) is 0 Å². The number of carbonyl (C=O) groups is 2. The number of thiocarbonyl (C=S) groups is 1. The zero-order valence-electron chi connectivity index (χ0n) is 18.5. The van der Waals surface area contributed by atoms with Crippen molar-refractivity contribution in [3.63, 3.8) is 0 Å². The molecule has 0 heterocycles. The van der Waals surface area contributed by atoms with E-state index in [1.165, 1.54) is 0 Å². The predicted molar refractivity (Wildman–Crippen MR) is 129 cm³/mol. The van der Waals surface area contributed by atoms with E-state index in [0.717, 1.165) is 12.8 Å². The van der Waals surface area contributed by atoms with Crippen LogP contribution in [0.15, 0.2) is 48.5 Å². The highest BCUT2D eigenvalue weighted by Gasteiger charge is 2.15. The fourth-order valence-electron chi connectivity index (χ4n) is 2.66. The van der Waals surface area contributed by atoms with Crippen LogP contribution in [0.25, 0.3) is 0 Å². The number of anilines is 1. The Kier molecular flexibility index (Phi) is 9.46. The molecule has 2 rings (SSSR count). The Morgan fingerprint density at radius 3 is 2.48 bits per heavy atom. The maximum Gasteiger partial charge on any atom is 0.257 e. The van der Waals surface area contributed by atoms with E-state index in [9.17, 15) is 9.59 Å². The molecule has 1 unspecified atom stereocenters. The molecule has 0 fully saturated rings. The monoisotopic (exact) mass is 441 g/mol. The summed E-state index contributed by atoms with van der Waals surface area (Å²) in [6.45, 7) is 8.81. The molecule has 0 saturated heterocycles.